The number of furan rings is 1. The van der Waals surface area contributed by atoms with Crippen molar-refractivity contribution in [2.75, 3.05) is 4.90 Å². The summed E-state index contributed by atoms with van der Waals surface area (Å²) in [6.07, 6.45) is 0. The van der Waals surface area contributed by atoms with Gasteiger partial charge in [0.25, 0.3) is 0 Å². The zero-order chi connectivity index (χ0) is 34.4. The Labute approximate surface area is 302 Å². The summed E-state index contributed by atoms with van der Waals surface area (Å²) in [5.41, 5.74) is 12.2. The smallest absolute Gasteiger partial charge is 0.137 e. The molecule has 0 saturated carbocycles. The zero-order valence-electron chi connectivity index (χ0n) is 28.4. The van der Waals surface area contributed by atoms with Gasteiger partial charge in [0.05, 0.1) is 0 Å². The molecule has 244 valence electrons. The standard InChI is InChI=1S/C50H33NO/c1-3-10-34(11-4-1)38-14-9-15-44(31-38)51(46-26-27-48-47-16-7-8-17-49(47)52-50(48)33-46)45-25-24-37-20-23-41(30-43(37)32-45)40-22-19-36-18-21-39(28-42(36)29-40)35-12-5-2-6-13-35/h1-33H. The molecule has 0 spiro atoms. The van der Waals surface area contributed by atoms with Crippen molar-refractivity contribution in [2.45, 2.75) is 0 Å². The quantitative estimate of drug-likeness (QED) is 0.176. The van der Waals surface area contributed by atoms with Crippen LogP contribution in [0.25, 0.3) is 76.9 Å². The van der Waals surface area contributed by atoms with Crippen molar-refractivity contribution in [3.05, 3.63) is 200 Å². The number of para-hydroxylation sites is 1. The Bertz CT molecular complexity index is 2910. The van der Waals surface area contributed by atoms with Crippen molar-refractivity contribution in [3.63, 3.8) is 0 Å². The average Bonchev–Trinajstić information content (AvgIpc) is 3.59. The lowest BCUT2D eigenvalue weighted by atomic mass is 9.96. The van der Waals surface area contributed by atoms with Gasteiger partial charge >= 0.3 is 0 Å². The third-order valence-electron chi connectivity index (χ3n) is 10.2. The highest BCUT2D eigenvalue weighted by Gasteiger charge is 2.17. The summed E-state index contributed by atoms with van der Waals surface area (Å²) in [4.78, 5) is 2.34. The molecule has 10 aromatic rings. The van der Waals surface area contributed by atoms with Crippen molar-refractivity contribution >= 4 is 60.5 Å². The van der Waals surface area contributed by atoms with Crippen LogP contribution >= 0.6 is 0 Å². The molecule has 0 N–H and O–H groups in total. The van der Waals surface area contributed by atoms with Gasteiger partial charge in [0.2, 0.25) is 0 Å². The van der Waals surface area contributed by atoms with E-state index in [1.165, 1.54) is 54.9 Å². The van der Waals surface area contributed by atoms with Gasteiger partial charge in [-0.3, -0.25) is 0 Å². The first kappa shape index (κ1) is 30.0. The molecule has 52 heavy (non-hydrogen) atoms. The number of hydrogen-bond donors (Lipinski definition) is 0. The molecule has 0 saturated heterocycles. The van der Waals surface area contributed by atoms with Crippen LogP contribution < -0.4 is 4.90 Å². The van der Waals surface area contributed by atoms with Gasteiger partial charge in [0.15, 0.2) is 0 Å². The van der Waals surface area contributed by atoms with Gasteiger partial charge in [0.1, 0.15) is 11.2 Å². The van der Waals surface area contributed by atoms with Crippen LogP contribution in [-0.2, 0) is 0 Å². The number of rotatable bonds is 6. The summed E-state index contributed by atoms with van der Waals surface area (Å²) in [7, 11) is 0. The molecule has 10 rings (SSSR count). The van der Waals surface area contributed by atoms with E-state index < -0.39 is 0 Å². The fourth-order valence-corrected chi connectivity index (χ4v) is 7.55. The monoisotopic (exact) mass is 663 g/mol. The van der Waals surface area contributed by atoms with Crippen LogP contribution in [0.4, 0.5) is 17.1 Å². The van der Waals surface area contributed by atoms with Crippen LogP contribution in [0.15, 0.2) is 205 Å². The van der Waals surface area contributed by atoms with Crippen LogP contribution in [0.3, 0.4) is 0 Å². The van der Waals surface area contributed by atoms with Crippen molar-refractivity contribution < 1.29 is 4.42 Å². The number of benzene rings is 9. The molecule has 0 fully saturated rings. The minimum Gasteiger partial charge on any atom is -0.456 e. The molecule has 2 nitrogen and oxygen atoms in total. The Morgan fingerprint density at radius 1 is 0.269 bits per heavy atom. The average molecular weight is 664 g/mol. The highest BCUT2D eigenvalue weighted by molar-refractivity contribution is 6.06. The summed E-state index contributed by atoms with van der Waals surface area (Å²) in [6, 6.07) is 71.8. The van der Waals surface area contributed by atoms with Gasteiger partial charge in [-0.2, -0.15) is 0 Å². The van der Waals surface area contributed by atoms with Crippen molar-refractivity contribution in [1.82, 2.24) is 0 Å². The molecule has 0 aliphatic carbocycles. The van der Waals surface area contributed by atoms with E-state index >= 15 is 0 Å². The Kier molecular flexibility index (Phi) is 7.18. The molecule has 1 aromatic heterocycles. The Morgan fingerprint density at radius 3 is 1.44 bits per heavy atom. The Balaban J connectivity index is 1.10. The number of anilines is 3. The van der Waals surface area contributed by atoms with Gasteiger partial charge < -0.3 is 9.32 Å². The summed E-state index contributed by atoms with van der Waals surface area (Å²) >= 11 is 0. The lowest BCUT2D eigenvalue weighted by Crippen LogP contribution is -2.10. The van der Waals surface area contributed by atoms with Crippen LogP contribution in [0, 0.1) is 0 Å². The second-order valence-electron chi connectivity index (χ2n) is 13.4. The molecule has 2 heteroatoms. The normalized spacial score (nSPS) is 11.5. The van der Waals surface area contributed by atoms with Crippen molar-refractivity contribution in [1.29, 1.82) is 0 Å². The second kappa shape index (κ2) is 12.5. The molecule has 0 amide bonds. The van der Waals surface area contributed by atoms with E-state index in [1.54, 1.807) is 0 Å². The van der Waals surface area contributed by atoms with E-state index in [2.05, 4.69) is 193 Å². The molecule has 0 atom stereocenters. The fourth-order valence-electron chi connectivity index (χ4n) is 7.55. The first-order chi connectivity index (χ1) is 25.7. The molecular formula is C50H33NO. The van der Waals surface area contributed by atoms with Gasteiger partial charge in [0, 0.05) is 33.9 Å². The maximum Gasteiger partial charge on any atom is 0.137 e. The first-order valence-electron chi connectivity index (χ1n) is 17.7. The van der Waals surface area contributed by atoms with Crippen LogP contribution in [0.2, 0.25) is 0 Å². The van der Waals surface area contributed by atoms with Gasteiger partial charge in [-0.05, 0) is 116 Å². The minimum atomic E-state index is 0.873. The predicted molar refractivity (Wildman–Crippen MR) is 220 cm³/mol. The Hall–Kier alpha value is -6.90. The highest BCUT2D eigenvalue weighted by atomic mass is 16.3. The number of hydrogen-bond acceptors (Lipinski definition) is 2. The van der Waals surface area contributed by atoms with E-state index in [9.17, 15) is 0 Å². The number of fused-ring (bicyclic) bond motifs is 5. The second-order valence-corrected chi connectivity index (χ2v) is 13.4. The molecule has 1 heterocycles. The topological polar surface area (TPSA) is 16.4 Å². The minimum absolute atomic E-state index is 0.873. The SMILES string of the molecule is c1ccc(-c2cccc(N(c3ccc4ccc(-c5ccc6ccc(-c7ccccc7)cc6c5)cc4c3)c3ccc4c(c3)oc3ccccc34)c2)cc1. The third-order valence-corrected chi connectivity index (χ3v) is 10.2. The lowest BCUT2D eigenvalue weighted by molar-refractivity contribution is 0.669. The van der Waals surface area contributed by atoms with E-state index in [0.29, 0.717) is 0 Å². The largest absolute Gasteiger partial charge is 0.456 e. The van der Waals surface area contributed by atoms with E-state index in [0.717, 1.165) is 39.0 Å². The molecular weight excluding hydrogens is 631 g/mol. The molecule has 0 radical (unpaired) electrons. The molecule has 0 aliphatic heterocycles. The summed E-state index contributed by atoms with van der Waals surface area (Å²) in [6.45, 7) is 0. The fraction of sp³-hybridized carbons (Fsp3) is 0. The predicted octanol–water partition coefficient (Wildman–Crippen LogP) is 14.4. The lowest BCUT2D eigenvalue weighted by Gasteiger charge is -2.26. The van der Waals surface area contributed by atoms with E-state index in [1.807, 2.05) is 12.1 Å². The van der Waals surface area contributed by atoms with E-state index in [-0.39, 0.29) is 0 Å². The maximum absolute atomic E-state index is 6.38. The van der Waals surface area contributed by atoms with Crippen molar-refractivity contribution in [3.8, 4) is 33.4 Å². The van der Waals surface area contributed by atoms with Crippen LogP contribution in [0.1, 0.15) is 0 Å². The van der Waals surface area contributed by atoms with Gasteiger partial charge in [-0.25, -0.2) is 0 Å². The van der Waals surface area contributed by atoms with Gasteiger partial charge in [-0.15, -0.1) is 0 Å². The first-order valence-corrected chi connectivity index (χ1v) is 17.7. The molecule has 0 unspecified atom stereocenters. The third kappa shape index (κ3) is 5.39. The Morgan fingerprint density at radius 2 is 0.750 bits per heavy atom. The summed E-state index contributed by atoms with van der Waals surface area (Å²) in [5.74, 6) is 0. The zero-order valence-corrected chi connectivity index (χ0v) is 28.4. The highest BCUT2D eigenvalue weighted by Crippen LogP contribution is 2.41. The summed E-state index contributed by atoms with van der Waals surface area (Å²) < 4.78 is 6.38. The van der Waals surface area contributed by atoms with Crippen LogP contribution in [-0.4, -0.2) is 0 Å². The summed E-state index contributed by atoms with van der Waals surface area (Å²) in [5, 5.41) is 7.10. The molecule has 0 bridgehead atoms. The molecule has 9 aromatic carbocycles. The van der Waals surface area contributed by atoms with Crippen molar-refractivity contribution in [2.24, 2.45) is 0 Å². The molecule has 0 aliphatic rings. The van der Waals surface area contributed by atoms with Crippen LogP contribution in [0.5, 0.6) is 0 Å². The van der Waals surface area contributed by atoms with Gasteiger partial charge in [-0.1, -0.05) is 133 Å². The maximum atomic E-state index is 6.38. The number of nitrogens with zero attached hydrogens (tertiary/aromatic N) is 1. The van der Waals surface area contributed by atoms with E-state index in [4.69, 9.17) is 4.42 Å².